The van der Waals surface area contributed by atoms with Crippen molar-refractivity contribution in [3.8, 4) is 0 Å². The van der Waals surface area contributed by atoms with E-state index in [0.717, 1.165) is 6.42 Å². The van der Waals surface area contributed by atoms with E-state index in [0.29, 0.717) is 13.0 Å². The van der Waals surface area contributed by atoms with Crippen molar-refractivity contribution in [2.75, 3.05) is 6.61 Å². The third-order valence-corrected chi connectivity index (χ3v) is 4.32. The van der Waals surface area contributed by atoms with E-state index < -0.39 is 19.6 Å². The summed E-state index contributed by atoms with van der Waals surface area (Å²) in [7, 11) is -1.57. The minimum Gasteiger partial charge on any atom is -0.444 e. The van der Waals surface area contributed by atoms with Crippen molar-refractivity contribution in [2.24, 2.45) is 0 Å². The summed E-state index contributed by atoms with van der Waals surface area (Å²) in [5.41, 5.74) is -0.507. The van der Waals surface area contributed by atoms with Crippen LogP contribution in [0.3, 0.4) is 0 Å². The van der Waals surface area contributed by atoms with Gasteiger partial charge in [-0.15, -0.1) is 5.09 Å². The van der Waals surface area contributed by atoms with Crippen molar-refractivity contribution in [3.63, 3.8) is 0 Å². The van der Waals surface area contributed by atoms with Gasteiger partial charge in [-0.05, 0) is 45.6 Å². The molecule has 1 saturated heterocycles. The Kier molecular flexibility index (Phi) is 6.37. The molecule has 0 aromatic carbocycles. The van der Waals surface area contributed by atoms with Crippen LogP contribution in [0.15, 0.2) is 0 Å². The standard InChI is InChI=1S/C13H25N2O4P/c1-9(2)15-20(17)11-7-6-10(8-18-11)14-12(16)19-13(3,4)5/h9-11H,6-8H2,1-5H3,(H-,14,15,16,17)/p+1/t10-,11-/m1/s1. The maximum absolute atomic E-state index is 11.9. The fourth-order valence-corrected chi connectivity index (χ4v) is 3.13. The van der Waals surface area contributed by atoms with Crippen LogP contribution in [0, 0.1) is 0 Å². The predicted octanol–water partition coefficient (Wildman–Crippen LogP) is 2.76. The highest BCUT2D eigenvalue weighted by atomic mass is 31.1. The molecule has 1 aliphatic heterocycles. The summed E-state index contributed by atoms with van der Waals surface area (Å²) in [6, 6.07) is 0.0865. The van der Waals surface area contributed by atoms with E-state index in [1.54, 1.807) is 0 Å². The van der Waals surface area contributed by atoms with E-state index in [9.17, 15) is 9.36 Å². The SMILES string of the molecule is CC(C)N[P+](=O)[C@@H]1CC[C@@H](NC(=O)OC(C)(C)C)CO1. The van der Waals surface area contributed by atoms with Gasteiger partial charge in [0, 0.05) is 12.5 Å². The lowest BCUT2D eigenvalue weighted by Gasteiger charge is -2.26. The summed E-state index contributed by atoms with van der Waals surface area (Å²) in [6.45, 7) is 9.73. The topological polar surface area (TPSA) is 76.7 Å². The smallest absolute Gasteiger partial charge is 0.444 e. The van der Waals surface area contributed by atoms with E-state index in [1.807, 2.05) is 34.6 Å². The van der Waals surface area contributed by atoms with Gasteiger partial charge in [-0.1, -0.05) is 0 Å². The summed E-state index contributed by atoms with van der Waals surface area (Å²) < 4.78 is 22.7. The lowest BCUT2D eigenvalue weighted by molar-refractivity contribution is 0.0241. The zero-order valence-electron chi connectivity index (χ0n) is 12.9. The summed E-state index contributed by atoms with van der Waals surface area (Å²) in [4.78, 5) is 11.6. The maximum Gasteiger partial charge on any atom is 0.464 e. The summed E-state index contributed by atoms with van der Waals surface area (Å²) >= 11 is 0. The summed E-state index contributed by atoms with van der Waals surface area (Å²) in [6.07, 6.45) is 0.967. The second-order valence-corrected chi connectivity index (χ2v) is 7.80. The molecule has 6 nitrogen and oxygen atoms in total. The minimum atomic E-state index is -1.57. The molecule has 7 heteroatoms. The van der Waals surface area contributed by atoms with Crippen LogP contribution in [-0.2, 0) is 14.0 Å². The molecule has 1 rings (SSSR count). The van der Waals surface area contributed by atoms with Crippen LogP contribution in [0.1, 0.15) is 47.5 Å². The van der Waals surface area contributed by atoms with Crippen LogP contribution < -0.4 is 10.4 Å². The summed E-state index contributed by atoms with van der Waals surface area (Å²) in [5, 5.41) is 5.75. The Balaban J connectivity index is 2.32. The van der Waals surface area contributed by atoms with Crippen LogP contribution in [0.5, 0.6) is 0 Å². The number of ether oxygens (including phenoxy) is 2. The van der Waals surface area contributed by atoms with Crippen LogP contribution in [-0.4, -0.2) is 36.2 Å². The van der Waals surface area contributed by atoms with E-state index in [-0.39, 0.29) is 17.9 Å². The Morgan fingerprint density at radius 3 is 2.45 bits per heavy atom. The first-order valence-electron chi connectivity index (χ1n) is 7.01. The Hall–Kier alpha value is -0.710. The number of carbonyl (C=O) groups excluding carboxylic acids is 1. The number of carbonyl (C=O) groups is 1. The molecule has 0 aromatic rings. The highest BCUT2D eigenvalue weighted by molar-refractivity contribution is 7.43. The molecular formula is C13H26N2O4P+. The lowest BCUT2D eigenvalue weighted by Crippen LogP contribution is -2.44. The Bertz CT molecular complexity index is 347. The molecule has 1 fully saturated rings. The van der Waals surface area contributed by atoms with Gasteiger partial charge in [0.1, 0.15) is 5.60 Å². The molecule has 1 heterocycles. The first-order valence-corrected chi connectivity index (χ1v) is 8.34. The molecule has 2 N–H and O–H groups in total. The minimum absolute atomic E-state index is 0.0800. The monoisotopic (exact) mass is 305 g/mol. The van der Waals surface area contributed by atoms with Gasteiger partial charge in [-0.2, -0.15) is 0 Å². The maximum atomic E-state index is 11.9. The van der Waals surface area contributed by atoms with Crippen molar-refractivity contribution in [1.82, 2.24) is 10.4 Å². The fourth-order valence-electron chi connectivity index (χ4n) is 1.85. The number of amides is 1. The van der Waals surface area contributed by atoms with Gasteiger partial charge in [-0.25, -0.2) is 4.79 Å². The van der Waals surface area contributed by atoms with Crippen molar-refractivity contribution in [3.05, 3.63) is 0 Å². The Morgan fingerprint density at radius 1 is 1.35 bits per heavy atom. The molecule has 0 bridgehead atoms. The Morgan fingerprint density at radius 2 is 2.00 bits per heavy atom. The fraction of sp³-hybridized carbons (Fsp3) is 0.923. The molecule has 0 aliphatic carbocycles. The highest BCUT2D eigenvalue weighted by Crippen LogP contribution is 2.32. The highest BCUT2D eigenvalue weighted by Gasteiger charge is 2.37. The number of nitrogens with one attached hydrogen (secondary N) is 2. The molecule has 1 unspecified atom stereocenters. The molecule has 1 amide bonds. The van der Waals surface area contributed by atoms with Gasteiger partial charge in [0.2, 0.25) is 0 Å². The number of hydrogen-bond donors (Lipinski definition) is 2. The van der Waals surface area contributed by atoms with Crippen molar-refractivity contribution < 1.29 is 18.8 Å². The quantitative estimate of drug-likeness (QED) is 0.781. The molecule has 20 heavy (non-hydrogen) atoms. The normalized spacial score (nSPS) is 24.4. The van der Waals surface area contributed by atoms with Crippen LogP contribution in [0.2, 0.25) is 0 Å². The molecular weight excluding hydrogens is 279 g/mol. The molecule has 0 aromatic heterocycles. The third kappa shape index (κ3) is 6.64. The number of rotatable bonds is 4. The molecule has 1 aliphatic rings. The number of hydrogen-bond acceptors (Lipinski definition) is 4. The van der Waals surface area contributed by atoms with Crippen LogP contribution >= 0.6 is 7.95 Å². The van der Waals surface area contributed by atoms with Crippen molar-refractivity contribution in [2.45, 2.75) is 71.0 Å². The van der Waals surface area contributed by atoms with Crippen molar-refractivity contribution >= 4 is 14.0 Å². The first-order chi connectivity index (χ1) is 9.17. The van der Waals surface area contributed by atoms with E-state index in [1.165, 1.54) is 0 Å². The largest absolute Gasteiger partial charge is 0.464 e. The molecule has 3 atom stereocenters. The van der Waals surface area contributed by atoms with E-state index in [4.69, 9.17) is 9.47 Å². The van der Waals surface area contributed by atoms with Gasteiger partial charge in [-0.3, -0.25) is 0 Å². The van der Waals surface area contributed by atoms with Gasteiger partial charge < -0.3 is 14.8 Å². The van der Waals surface area contributed by atoms with Gasteiger partial charge in [0.05, 0.1) is 12.6 Å². The zero-order chi connectivity index (χ0) is 15.3. The second-order valence-electron chi connectivity index (χ2n) is 6.32. The first kappa shape index (κ1) is 17.3. The van der Waals surface area contributed by atoms with Gasteiger partial charge >= 0.3 is 14.0 Å². The summed E-state index contributed by atoms with van der Waals surface area (Å²) in [5.74, 6) is -0.274. The van der Waals surface area contributed by atoms with Gasteiger partial charge in [0.25, 0.3) is 5.85 Å². The third-order valence-electron chi connectivity index (χ3n) is 2.62. The van der Waals surface area contributed by atoms with E-state index in [2.05, 4.69) is 10.4 Å². The zero-order valence-corrected chi connectivity index (χ0v) is 13.8. The molecule has 0 radical (unpaired) electrons. The molecule has 0 spiro atoms. The van der Waals surface area contributed by atoms with E-state index >= 15 is 0 Å². The predicted molar refractivity (Wildman–Crippen MR) is 78.0 cm³/mol. The molecule has 116 valence electrons. The van der Waals surface area contributed by atoms with Gasteiger partial charge in [0.15, 0.2) is 0 Å². The average molecular weight is 305 g/mol. The number of alkyl carbamates (subject to hydrolysis) is 1. The van der Waals surface area contributed by atoms with Crippen molar-refractivity contribution in [1.29, 1.82) is 0 Å². The lowest BCUT2D eigenvalue weighted by atomic mass is 10.1. The van der Waals surface area contributed by atoms with Crippen LogP contribution in [0.4, 0.5) is 4.79 Å². The Labute approximate surface area is 121 Å². The molecule has 0 saturated carbocycles. The average Bonchev–Trinajstić information content (AvgIpc) is 2.26. The second kappa shape index (κ2) is 7.34. The van der Waals surface area contributed by atoms with Crippen LogP contribution in [0.25, 0.3) is 0 Å².